The Morgan fingerprint density at radius 2 is 2.10 bits per heavy atom. The van der Waals surface area contributed by atoms with Crippen LogP contribution in [0.4, 0.5) is 13.2 Å². The third-order valence-electron chi connectivity index (χ3n) is 3.35. The fourth-order valence-electron chi connectivity index (χ4n) is 2.31. The van der Waals surface area contributed by atoms with Gasteiger partial charge in [-0.2, -0.15) is 13.2 Å². The van der Waals surface area contributed by atoms with Crippen LogP contribution in [0.3, 0.4) is 0 Å². The molecule has 1 heterocycles. The van der Waals surface area contributed by atoms with Gasteiger partial charge in [0, 0.05) is 16.9 Å². The molecule has 0 radical (unpaired) electrons. The molecule has 106 valence electrons. The van der Waals surface area contributed by atoms with E-state index < -0.39 is 11.7 Å². The van der Waals surface area contributed by atoms with Gasteiger partial charge in [0.2, 0.25) is 0 Å². The zero-order valence-electron chi connectivity index (χ0n) is 10.4. The quantitative estimate of drug-likeness (QED) is 0.871. The number of hydrogen-bond acceptors (Lipinski definition) is 3. The fraction of sp³-hybridized carbons (Fsp3) is 0.357. The Bertz CT molecular complexity index is 636. The molecule has 0 saturated carbocycles. The van der Waals surface area contributed by atoms with E-state index in [1.807, 2.05) is 0 Å². The van der Waals surface area contributed by atoms with Gasteiger partial charge >= 0.3 is 6.18 Å². The number of halogens is 3. The van der Waals surface area contributed by atoms with Crippen molar-refractivity contribution in [2.24, 2.45) is 0 Å². The van der Waals surface area contributed by atoms with Crippen LogP contribution in [0, 0.1) is 0 Å². The minimum Gasteiger partial charge on any atom is -0.393 e. The lowest BCUT2D eigenvalue weighted by Gasteiger charge is -2.14. The van der Waals surface area contributed by atoms with Gasteiger partial charge in [-0.15, -0.1) is 11.3 Å². The van der Waals surface area contributed by atoms with Crippen LogP contribution < -0.4 is 0 Å². The summed E-state index contributed by atoms with van der Waals surface area (Å²) in [6, 6.07) is 5.21. The maximum atomic E-state index is 12.7. The summed E-state index contributed by atoms with van der Waals surface area (Å²) < 4.78 is 38.1. The molecule has 0 fully saturated rings. The Morgan fingerprint density at radius 1 is 1.30 bits per heavy atom. The minimum atomic E-state index is -4.34. The van der Waals surface area contributed by atoms with Gasteiger partial charge in [0.1, 0.15) is 5.01 Å². The molecule has 0 amide bonds. The number of nitrogens with zero attached hydrogens (tertiary/aromatic N) is 1. The zero-order chi connectivity index (χ0) is 14.3. The van der Waals surface area contributed by atoms with Crippen LogP contribution in [-0.2, 0) is 19.0 Å². The van der Waals surface area contributed by atoms with Gasteiger partial charge in [-0.3, -0.25) is 0 Å². The monoisotopic (exact) mass is 299 g/mol. The van der Waals surface area contributed by atoms with Gasteiger partial charge in [-0.25, -0.2) is 4.98 Å². The number of aryl methyl sites for hydroxylation is 1. The van der Waals surface area contributed by atoms with E-state index in [0.29, 0.717) is 29.8 Å². The lowest BCUT2D eigenvalue weighted by Crippen LogP contribution is -2.17. The first kappa shape index (κ1) is 13.6. The molecule has 1 aliphatic carbocycles. The molecule has 0 saturated heterocycles. The summed E-state index contributed by atoms with van der Waals surface area (Å²) in [5.41, 5.74) is 0.727. The average Bonchev–Trinajstić information content (AvgIpc) is 2.81. The molecule has 0 aliphatic heterocycles. The van der Waals surface area contributed by atoms with Crippen molar-refractivity contribution in [2.75, 3.05) is 0 Å². The number of aromatic nitrogens is 1. The number of aliphatic hydroxyl groups excluding tert-OH is 1. The van der Waals surface area contributed by atoms with Crippen molar-refractivity contribution in [1.82, 2.24) is 4.98 Å². The predicted molar refractivity (Wildman–Crippen MR) is 70.6 cm³/mol. The van der Waals surface area contributed by atoms with Crippen LogP contribution in [-0.4, -0.2) is 16.2 Å². The number of aliphatic hydroxyl groups is 1. The topological polar surface area (TPSA) is 33.1 Å². The van der Waals surface area contributed by atoms with Crippen molar-refractivity contribution in [3.8, 4) is 10.6 Å². The molecular weight excluding hydrogens is 287 g/mol. The molecule has 1 unspecified atom stereocenters. The second-order valence-corrected chi connectivity index (χ2v) is 5.95. The minimum absolute atomic E-state index is 0.364. The van der Waals surface area contributed by atoms with Crippen LogP contribution in [0.5, 0.6) is 0 Å². The Labute approximate surface area is 117 Å². The van der Waals surface area contributed by atoms with Crippen LogP contribution in [0.1, 0.15) is 22.6 Å². The zero-order valence-corrected chi connectivity index (χ0v) is 11.3. The Balaban J connectivity index is 1.98. The Morgan fingerprint density at radius 3 is 2.85 bits per heavy atom. The van der Waals surface area contributed by atoms with E-state index in [1.54, 1.807) is 6.07 Å². The molecule has 1 aromatic carbocycles. The number of benzene rings is 1. The summed E-state index contributed by atoms with van der Waals surface area (Å²) >= 11 is 1.37. The number of fused-ring (bicyclic) bond motifs is 1. The maximum absolute atomic E-state index is 12.7. The van der Waals surface area contributed by atoms with Crippen molar-refractivity contribution >= 4 is 11.3 Å². The summed E-state index contributed by atoms with van der Waals surface area (Å²) in [5.74, 6) is 0. The van der Waals surface area contributed by atoms with Crippen LogP contribution >= 0.6 is 11.3 Å². The smallest absolute Gasteiger partial charge is 0.393 e. The summed E-state index contributed by atoms with van der Waals surface area (Å²) in [7, 11) is 0. The fourth-order valence-corrected chi connectivity index (χ4v) is 3.48. The standard InChI is InChI=1S/C14H12F3NOS/c15-14(16,17)9-3-1-2-8(6-9)13-18-11-5-4-10(19)7-12(11)20-13/h1-3,6,10,19H,4-5,7H2. The van der Waals surface area contributed by atoms with E-state index in [-0.39, 0.29) is 6.10 Å². The molecule has 1 aromatic heterocycles. The predicted octanol–water partition coefficient (Wildman–Crippen LogP) is 3.68. The highest BCUT2D eigenvalue weighted by Gasteiger charge is 2.31. The van der Waals surface area contributed by atoms with Crippen molar-refractivity contribution in [3.05, 3.63) is 40.4 Å². The molecule has 0 bridgehead atoms. The number of rotatable bonds is 1. The number of alkyl halides is 3. The van der Waals surface area contributed by atoms with Gasteiger partial charge in [0.05, 0.1) is 17.4 Å². The van der Waals surface area contributed by atoms with Crippen LogP contribution in [0.2, 0.25) is 0 Å². The highest BCUT2D eigenvalue weighted by atomic mass is 32.1. The second-order valence-electron chi connectivity index (χ2n) is 4.86. The SMILES string of the molecule is OC1CCc2nc(-c3cccc(C(F)(F)F)c3)sc2C1. The highest BCUT2D eigenvalue weighted by molar-refractivity contribution is 7.15. The van der Waals surface area contributed by atoms with Crippen molar-refractivity contribution in [2.45, 2.75) is 31.5 Å². The van der Waals surface area contributed by atoms with Gasteiger partial charge in [-0.05, 0) is 25.0 Å². The maximum Gasteiger partial charge on any atom is 0.416 e. The van der Waals surface area contributed by atoms with Crippen LogP contribution in [0.15, 0.2) is 24.3 Å². The molecule has 1 atom stereocenters. The molecule has 2 nitrogen and oxygen atoms in total. The first-order valence-corrected chi connectivity index (χ1v) is 7.09. The third kappa shape index (κ3) is 2.58. The first-order valence-electron chi connectivity index (χ1n) is 6.28. The molecular formula is C14H12F3NOS. The van der Waals surface area contributed by atoms with Crippen molar-refractivity contribution < 1.29 is 18.3 Å². The summed E-state index contributed by atoms with van der Waals surface area (Å²) in [6.45, 7) is 0. The van der Waals surface area contributed by atoms with Gasteiger partial charge in [0.15, 0.2) is 0 Å². The summed E-state index contributed by atoms with van der Waals surface area (Å²) in [5, 5.41) is 10.2. The summed E-state index contributed by atoms with van der Waals surface area (Å²) in [4.78, 5) is 5.40. The molecule has 20 heavy (non-hydrogen) atoms. The van der Waals surface area contributed by atoms with Gasteiger partial charge in [-0.1, -0.05) is 12.1 Å². The van der Waals surface area contributed by atoms with E-state index >= 15 is 0 Å². The van der Waals surface area contributed by atoms with Gasteiger partial charge in [0.25, 0.3) is 0 Å². The van der Waals surface area contributed by atoms with E-state index in [2.05, 4.69) is 4.98 Å². The number of thiazole rings is 1. The first-order chi connectivity index (χ1) is 9.43. The van der Waals surface area contributed by atoms with Crippen molar-refractivity contribution in [1.29, 1.82) is 0 Å². The average molecular weight is 299 g/mol. The Kier molecular flexibility index (Phi) is 3.30. The van der Waals surface area contributed by atoms with Crippen LogP contribution in [0.25, 0.3) is 10.6 Å². The summed E-state index contributed by atoms with van der Waals surface area (Å²) in [6.07, 6.45) is -2.81. The van der Waals surface area contributed by atoms with E-state index in [4.69, 9.17) is 0 Å². The normalized spacial score (nSPS) is 18.9. The lowest BCUT2D eigenvalue weighted by atomic mass is 10.0. The van der Waals surface area contributed by atoms with E-state index in [0.717, 1.165) is 22.7 Å². The molecule has 0 spiro atoms. The molecule has 1 aliphatic rings. The lowest BCUT2D eigenvalue weighted by molar-refractivity contribution is -0.137. The molecule has 6 heteroatoms. The largest absolute Gasteiger partial charge is 0.416 e. The molecule has 2 aromatic rings. The van der Waals surface area contributed by atoms with E-state index in [1.165, 1.54) is 17.4 Å². The number of hydrogen-bond donors (Lipinski definition) is 1. The van der Waals surface area contributed by atoms with Crippen molar-refractivity contribution in [3.63, 3.8) is 0 Å². The highest BCUT2D eigenvalue weighted by Crippen LogP contribution is 2.36. The Hall–Kier alpha value is -1.40. The van der Waals surface area contributed by atoms with E-state index in [9.17, 15) is 18.3 Å². The molecule has 1 N–H and O–H groups in total. The third-order valence-corrected chi connectivity index (χ3v) is 4.52. The molecule has 3 rings (SSSR count). The second kappa shape index (κ2) is 4.86. The van der Waals surface area contributed by atoms with Gasteiger partial charge < -0.3 is 5.11 Å².